The molecule has 0 aliphatic carbocycles. The van der Waals surface area contributed by atoms with Gasteiger partial charge >= 0.3 is 16.4 Å². The van der Waals surface area contributed by atoms with E-state index in [9.17, 15) is 33.1 Å². The van der Waals surface area contributed by atoms with Crippen molar-refractivity contribution in [2.24, 2.45) is 0 Å². The first kappa shape index (κ1) is 62.6. The summed E-state index contributed by atoms with van der Waals surface area (Å²) in [5.74, 6) is -0.414. The van der Waals surface area contributed by atoms with Gasteiger partial charge in [-0.15, -0.1) is 0 Å². The van der Waals surface area contributed by atoms with Gasteiger partial charge in [-0.3, -0.25) is 9.35 Å². The standard InChI is InChI=1S/C54H94O12S/c1-3-5-7-9-11-13-15-17-19-21-22-23-24-25-26-27-29-31-33-35-37-39-41-43-50(56)64-48(47-63-54-52(58)53(66-67(59,60)61)51(57)49(45-55)65-54)46-62-44-42-40-38-36-34-32-30-28-20-18-16-14-12-10-8-6-4-2/h5,7,11,13,17,19-20,22-23,25-26,28,48-49,51-55,57-58H,3-4,6,8-10,12,14-16,18,21,24,27,29-47H2,1-2H3,(H,59,60,61)/b7-5-,13-11-,19-17-,23-22-,26-25-,28-20-. The molecule has 0 amide bonds. The molecule has 1 heterocycles. The largest absolute Gasteiger partial charge is 0.457 e. The molecule has 1 fully saturated rings. The van der Waals surface area contributed by atoms with Gasteiger partial charge in [0.05, 0.1) is 19.8 Å². The van der Waals surface area contributed by atoms with E-state index in [1.807, 2.05) is 0 Å². The van der Waals surface area contributed by atoms with Gasteiger partial charge < -0.3 is 34.3 Å². The van der Waals surface area contributed by atoms with Crippen LogP contribution < -0.4 is 0 Å². The van der Waals surface area contributed by atoms with Crippen molar-refractivity contribution in [1.82, 2.24) is 0 Å². The fourth-order valence-electron chi connectivity index (χ4n) is 7.64. The van der Waals surface area contributed by atoms with E-state index in [-0.39, 0.29) is 19.6 Å². The number of aliphatic hydroxyl groups excluding tert-OH is 3. The summed E-state index contributed by atoms with van der Waals surface area (Å²) in [7, 11) is -5.07. The zero-order chi connectivity index (χ0) is 48.9. The predicted molar refractivity (Wildman–Crippen MR) is 271 cm³/mol. The second-order valence-corrected chi connectivity index (χ2v) is 18.8. The third kappa shape index (κ3) is 38.0. The maximum absolute atomic E-state index is 12.9. The zero-order valence-electron chi connectivity index (χ0n) is 41.7. The second-order valence-electron chi connectivity index (χ2n) is 17.7. The summed E-state index contributed by atoms with van der Waals surface area (Å²) in [6.45, 7) is 3.85. The first-order valence-electron chi connectivity index (χ1n) is 26.2. The molecular formula is C54H94O12S. The highest BCUT2D eigenvalue weighted by Gasteiger charge is 2.48. The molecule has 1 saturated heterocycles. The molecule has 0 radical (unpaired) electrons. The average molecular weight is 967 g/mol. The number of allylic oxidation sites excluding steroid dienone is 12. The van der Waals surface area contributed by atoms with E-state index in [0.29, 0.717) is 13.0 Å². The molecule has 0 bridgehead atoms. The fourth-order valence-corrected chi connectivity index (χ4v) is 8.14. The van der Waals surface area contributed by atoms with Crippen molar-refractivity contribution in [1.29, 1.82) is 0 Å². The van der Waals surface area contributed by atoms with Crippen LogP contribution in [0.5, 0.6) is 0 Å². The number of carbonyl (C=O) groups is 1. The first-order chi connectivity index (χ1) is 32.6. The Morgan fingerprint density at radius 2 is 1.03 bits per heavy atom. The molecule has 1 rings (SSSR count). The highest BCUT2D eigenvalue weighted by molar-refractivity contribution is 7.80. The van der Waals surface area contributed by atoms with E-state index in [4.69, 9.17) is 18.9 Å². The van der Waals surface area contributed by atoms with Crippen molar-refractivity contribution < 1.29 is 56.2 Å². The molecule has 0 saturated carbocycles. The molecule has 0 aromatic rings. The first-order valence-corrected chi connectivity index (χ1v) is 27.6. The molecule has 4 N–H and O–H groups in total. The Bertz CT molecular complexity index is 1440. The summed E-state index contributed by atoms with van der Waals surface area (Å²) in [6.07, 6.45) is 49.3. The molecule has 1 aliphatic rings. The lowest BCUT2D eigenvalue weighted by Crippen LogP contribution is -2.60. The third-order valence-electron chi connectivity index (χ3n) is 11.6. The molecule has 12 nitrogen and oxygen atoms in total. The van der Waals surface area contributed by atoms with Crippen LogP contribution in [0.3, 0.4) is 0 Å². The lowest BCUT2D eigenvalue weighted by Gasteiger charge is -2.41. The maximum atomic E-state index is 12.9. The van der Waals surface area contributed by atoms with Crippen LogP contribution in [0, 0.1) is 0 Å². The SMILES string of the molecule is CC/C=C\C/C=C\C/C=C\C/C=C\C/C=C\CCCCCCCCCC(=O)OC(COCCCCCCCC/C=C\CCCCCCCCC)COC1OC(CO)C(O)C(OS(=O)(=O)O)C1O. The van der Waals surface area contributed by atoms with Crippen molar-refractivity contribution in [2.45, 2.75) is 237 Å². The molecule has 1 aliphatic heterocycles. The van der Waals surface area contributed by atoms with Gasteiger partial charge in [-0.25, -0.2) is 4.18 Å². The monoisotopic (exact) mass is 967 g/mol. The highest BCUT2D eigenvalue weighted by Crippen LogP contribution is 2.26. The van der Waals surface area contributed by atoms with Crippen LogP contribution in [0.25, 0.3) is 0 Å². The van der Waals surface area contributed by atoms with Gasteiger partial charge in [-0.05, 0) is 83.5 Å². The lowest BCUT2D eigenvalue weighted by molar-refractivity contribution is -0.301. The van der Waals surface area contributed by atoms with Gasteiger partial charge in [-0.1, -0.05) is 183 Å². The number of aliphatic hydroxyl groups is 3. The minimum atomic E-state index is -5.07. The van der Waals surface area contributed by atoms with Crippen LogP contribution in [0.15, 0.2) is 72.9 Å². The van der Waals surface area contributed by atoms with Crippen molar-refractivity contribution in [2.75, 3.05) is 26.4 Å². The number of unbranched alkanes of at least 4 members (excludes halogenated alkanes) is 20. The number of carbonyl (C=O) groups excluding carboxylic acids is 1. The van der Waals surface area contributed by atoms with Crippen LogP contribution in [0.1, 0.15) is 200 Å². The highest BCUT2D eigenvalue weighted by atomic mass is 32.3. The number of hydrogen-bond acceptors (Lipinski definition) is 11. The Morgan fingerprint density at radius 1 is 0.582 bits per heavy atom. The van der Waals surface area contributed by atoms with Crippen molar-refractivity contribution in [3.63, 3.8) is 0 Å². The topological polar surface area (TPSA) is 178 Å². The van der Waals surface area contributed by atoms with E-state index in [1.54, 1.807) is 0 Å². The number of hydrogen-bond donors (Lipinski definition) is 4. The predicted octanol–water partition coefficient (Wildman–Crippen LogP) is 12.2. The Kier molecular flexibility index (Phi) is 41.8. The average Bonchev–Trinajstić information content (AvgIpc) is 3.30. The Labute approximate surface area is 407 Å². The molecule has 0 aromatic carbocycles. The summed E-state index contributed by atoms with van der Waals surface area (Å²) in [4.78, 5) is 12.9. The molecule has 6 atom stereocenters. The van der Waals surface area contributed by atoms with Gasteiger partial charge in [0.1, 0.15) is 30.5 Å². The molecular weight excluding hydrogens is 873 g/mol. The van der Waals surface area contributed by atoms with Crippen LogP contribution >= 0.6 is 0 Å². The van der Waals surface area contributed by atoms with Crippen LogP contribution in [-0.4, -0.2) is 97.5 Å². The summed E-state index contributed by atoms with van der Waals surface area (Å²) in [6, 6.07) is 0. The van der Waals surface area contributed by atoms with E-state index in [2.05, 4.69) is 90.9 Å². The van der Waals surface area contributed by atoms with Gasteiger partial charge in [-0.2, -0.15) is 8.42 Å². The van der Waals surface area contributed by atoms with E-state index >= 15 is 0 Å². The van der Waals surface area contributed by atoms with E-state index < -0.39 is 59.8 Å². The minimum Gasteiger partial charge on any atom is -0.457 e. The summed E-state index contributed by atoms with van der Waals surface area (Å²) in [5, 5.41) is 30.8. The van der Waals surface area contributed by atoms with Crippen LogP contribution in [0.2, 0.25) is 0 Å². The second kappa shape index (κ2) is 44.7. The molecule has 0 spiro atoms. The molecule has 13 heteroatoms. The Balaban J connectivity index is 2.37. The maximum Gasteiger partial charge on any atom is 0.397 e. The zero-order valence-corrected chi connectivity index (χ0v) is 42.5. The summed E-state index contributed by atoms with van der Waals surface area (Å²) >= 11 is 0. The number of ether oxygens (including phenoxy) is 4. The van der Waals surface area contributed by atoms with Gasteiger partial charge in [0.25, 0.3) is 0 Å². The molecule has 0 aromatic heterocycles. The van der Waals surface area contributed by atoms with Crippen molar-refractivity contribution in [3.8, 4) is 0 Å². The fraction of sp³-hybridized carbons (Fsp3) is 0.759. The van der Waals surface area contributed by atoms with E-state index in [1.165, 1.54) is 83.5 Å². The smallest absolute Gasteiger partial charge is 0.397 e. The Hall–Kier alpha value is -2.46. The lowest BCUT2D eigenvalue weighted by atomic mass is 9.99. The van der Waals surface area contributed by atoms with Crippen LogP contribution in [-0.2, 0) is 38.3 Å². The van der Waals surface area contributed by atoms with Gasteiger partial charge in [0, 0.05) is 13.0 Å². The quantitative estimate of drug-likeness (QED) is 0.0197. The minimum absolute atomic E-state index is 0.0242. The Morgan fingerprint density at radius 3 is 1.52 bits per heavy atom. The normalized spacial score (nSPS) is 20.0. The summed E-state index contributed by atoms with van der Waals surface area (Å²) < 4.78 is 59.3. The molecule has 6 unspecified atom stereocenters. The number of rotatable bonds is 45. The van der Waals surface area contributed by atoms with E-state index in [0.717, 1.165) is 89.9 Å². The molecule has 388 valence electrons. The third-order valence-corrected chi connectivity index (χ3v) is 12.0. The summed E-state index contributed by atoms with van der Waals surface area (Å²) in [5.41, 5.74) is 0. The molecule has 67 heavy (non-hydrogen) atoms. The van der Waals surface area contributed by atoms with Crippen molar-refractivity contribution >= 4 is 16.4 Å². The number of esters is 1. The van der Waals surface area contributed by atoms with Gasteiger partial charge in [0.2, 0.25) is 0 Å². The van der Waals surface area contributed by atoms with Crippen LogP contribution in [0.4, 0.5) is 0 Å². The van der Waals surface area contributed by atoms with Crippen molar-refractivity contribution in [3.05, 3.63) is 72.9 Å². The van der Waals surface area contributed by atoms with Gasteiger partial charge in [0.15, 0.2) is 6.29 Å².